The Kier molecular flexibility index (Phi) is 11.4. The zero-order valence-electron chi connectivity index (χ0n) is 24.6. The average molecular weight is 614 g/mol. The molecule has 0 aliphatic rings. The maximum absolute atomic E-state index is 13.2. The van der Waals surface area contributed by atoms with Crippen molar-refractivity contribution in [1.82, 2.24) is 5.32 Å². The second-order valence-corrected chi connectivity index (χ2v) is 11.0. The van der Waals surface area contributed by atoms with E-state index < -0.39 is 27.7 Å². The Labute approximate surface area is 250 Å². The highest BCUT2D eigenvalue weighted by atomic mass is 32.2. The Morgan fingerprint density at radius 1 is 0.767 bits per heavy atom. The minimum Gasteiger partial charge on any atom is -0.493 e. The Hall–Kier alpha value is -4.78. The maximum atomic E-state index is 13.2. The molecule has 12 nitrogen and oxygen atoms in total. The Balaban J connectivity index is 1.80. The molecule has 0 spiro atoms. The minimum atomic E-state index is -3.60. The van der Waals surface area contributed by atoms with Crippen molar-refractivity contribution in [3.05, 3.63) is 71.3 Å². The predicted molar refractivity (Wildman–Crippen MR) is 161 cm³/mol. The van der Waals surface area contributed by atoms with E-state index in [-0.39, 0.29) is 41.5 Å². The van der Waals surface area contributed by atoms with Crippen LogP contribution in [0.25, 0.3) is 0 Å². The van der Waals surface area contributed by atoms with E-state index in [2.05, 4.69) is 16.0 Å². The number of anilines is 2. The van der Waals surface area contributed by atoms with Gasteiger partial charge in [0.05, 0.1) is 38.1 Å². The smallest absolute Gasteiger partial charge is 0.337 e. The molecule has 0 unspecified atom stereocenters. The van der Waals surface area contributed by atoms with Gasteiger partial charge in [-0.1, -0.05) is 6.07 Å². The fraction of sp³-hybridized carbons (Fsp3) is 0.300. The third-order valence-electron chi connectivity index (χ3n) is 5.89. The number of amides is 3. The lowest BCUT2D eigenvalue weighted by Crippen LogP contribution is -2.28. The van der Waals surface area contributed by atoms with Crippen molar-refractivity contribution in [2.75, 3.05) is 43.8 Å². The van der Waals surface area contributed by atoms with E-state index in [1.165, 1.54) is 31.4 Å². The number of methoxy groups -OCH3 is 1. The Bertz CT molecular complexity index is 1590. The second kappa shape index (κ2) is 14.9. The van der Waals surface area contributed by atoms with E-state index in [0.717, 1.165) is 6.26 Å². The molecule has 3 aromatic carbocycles. The van der Waals surface area contributed by atoms with Crippen molar-refractivity contribution in [2.45, 2.75) is 32.2 Å². The molecule has 3 amide bonds. The van der Waals surface area contributed by atoms with E-state index in [9.17, 15) is 22.8 Å². The van der Waals surface area contributed by atoms with Crippen LogP contribution in [0.15, 0.2) is 59.5 Å². The number of hydrogen-bond acceptors (Lipinski definition) is 9. The van der Waals surface area contributed by atoms with Crippen LogP contribution in [0.3, 0.4) is 0 Å². The van der Waals surface area contributed by atoms with Gasteiger partial charge < -0.3 is 34.9 Å². The summed E-state index contributed by atoms with van der Waals surface area (Å²) in [6, 6.07) is 13.2. The number of ether oxygens (including phenoxy) is 4. The fourth-order valence-electron chi connectivity index (χ4n) is 4.03. The summed E-state index contributed by atoms with van der Waals surface area (Å²) in [6.07, 6.45) is 1.08. The standard InChI is InChI=1S/C30H35N3O9S/c1-6-40-24-13-12-22(16-23(24)28(34)32-21-11-9-10-19(14-21)29(35)39-4)33-30(36)31-18-20-15-26(42-8-3)27(43(5,37)38)17-25(20)41-7-2/h9-17H,6-8,18H2,1-5H3,(H,32,34)(H2,31,33,36). The first-order valence-electron chi connectivity index (χ1n) is 13.4. The largest absolute Gasteiger partial charge is 0.493 e. The summed E-state index contributed by atoms with van der Waals surface area (Å²) in [4.78, 5) is 37.9. The van der Waals surface area contributed by atoms with Gasteiger partial charge in [-0.3, -0.25) is 4.79 Å². The molecular weight excluding hydrogens is 578 g/mol. The lowest BCUT2D eigenvalue weighted by atomic mass is 10.1. The van der Waals surface area contributed by atoms with Crippen LogP contribution in [0.5, 0.6) is 17.2 Å². The second-order valence-electron chi connectivity index (χ2n) is 9.02. The molecule has 0 atom stereocenters. The molecule has 13 heteroatoms. The van der Waals surface area contributed by atoms with Crippen molar-refractivity contribution < 1.29 is 41.7 Å². The van der Waals surface area contributed by atoms with Crippen molar-refractivity contribution in [2.24, 2.45) is 0 Å². The highest BCUT2D eigenvalue weighted by molar-refractivity contribution is 7.90. The van der Waals surface area contributed by atoms with Gasteiger partial charge in [0.2, 0.25) is 0 Å². The van der Waals surface area contributed by atoms with Crippen LogP contribution in [0.4, 0.5) is 16.2 Å². The molecule has 0 fully saturated rings. The van der Waals surface area contributed by atoms with Gasteiger partial charge in [-0.15, -0.1) is 0 Å². The highest BCUT2D eigenvalue weighted by Crippen LogP contribution is 2.33. The van der Waals surface area contributed by atoms with Crippen LogP contribution in [0.2, 0.25) is 0 Å². The van der Waals surface area contributed by atoms with Crippen molar-refractivity contribution in [3.63, 3.8) is 0 Å². The van der Waals surface area contributed by atoms with E-state index in [4.69, 9.17) is 18.9 Å². The van der Waals surface area contributed by atoms with E-state index in [1.54, 1.807) is 51.1 Å². The van der Waals surface area contributed by atoms with Crippen LogP contribution in [0.1, 0.15) is 47.1 Å². The van der Waals surface area contributed by atoms with Crippen LogP contribution >= 0.6 is 0 Å². The first-order chi connectivity index (χ1) is 20.5. The number of rotatable bonds is 13. The highest BCUT2D eigenvalue weighted by Gasteiger charge is 2.20. The molecule has 3 rings (SSSR count). The number of nitrogens with one attached hydrogen (secondary N) is 3. The molecule has 43 heavy (non-hydrogen) atoms. The van der Waals surface area contributed by atoms with E-state index in [0.29, 0.717) is 35.0 Å². The van der Waals surface area contributed by atoms with Gasteiger partial charge in [0, 0.05) is 35.8 Å². The van der Waals surface area contributed by atoms with Gasteiger partial charge in [-0.25, -0.2) is 18.0 Å². The Morgan fingerprint density at radius 3 is 2.07 bits per heavy atom. The normalized spacial score (nSPS) is 10.8. The third kappa shape index (κ3) is 8.85. The number of sulfone groups is 1. The number of urea groups is 1. The molecule has 0 saturated heterocycles. The lowest BCUT2D eigenvalue weighted by Gasteiger charge is -2.17. The molecule has 230 valence electrons. The lowest BCUT2D eigenvalue weighted by molar-refractivity contribution is 0.0600. The average Bonchev–Trinajstić information content (AvgIpc) is 2.97. The molecule has 0 aliphatic carbocycles. The predicted octanol–water partition coefficient (Wildman–Crippen LogP) is 4.65. The maximum Gasteiger partial charge on any atom is 0.337 e. The van der Waals surface area contributed by atoms with Crippen molar-refractivity contribution >= 4 is 39.1 Å². The topological polar surface area (TPSA) is 158 Å². The van der Waals surface area contributed by atoms with Crippen LogP contribution in [0, 0.1) is 0 Å². The first-order valence-corrected chi connectivity index (χ1v) is 15.3. The van der Waals surface area contributed by atoms with Crippen LogP contribution in [-0.2, 0) is 21.1 Å². The summed E-state index contributed by atoms with van der Waals surface area (Å²) in [5, 5.41) is 8.13. The number of benzene rings is 3. The Morgan fingerprint density at radius 2 is 1.42 bits per heavy atom. The van der Waals surface area contributed by atoms with Gasteiger partial charge in [0.25, 0.3) is 5.91 Å². The summed E-state index contributed by atoms with van der Waals surface area (Å²) in [5.41, 5.74) is 1.60. The molecule has 3 aromatic rings. The van der Waals surface area contributed by atoms with E-state index >= 15 is 0 Å². The first kappa shape index (κ1) is 32.7. The molecule has 0 bridgehead atoms. The van der Waals surface area contributed by atoms with Gasteiger partial charge in [-0.2, -0.15) is 0 Å². The van der Waals surface area contributed by atoms with Gasteiger partial charge >= 0.3 is 12.0 Å². The zero-order valence-corrected chi connectivity index (χ0v) is 25.4. The number of carbonyl (C=O) groups is 3. The quantitative estimate of drug-likeness (QED) is 0.233. The number of carbonyl (C=O) groups excluding carboxylic acids is 3. The molecular formula is C30H35N3O9S. The van der Waals surface area contributed by atoms with Crippen LogP contribution < -0.4 is 30.2 Å². The zero-order chi connectivity index (χ0) is 31.6. The molecule has 0 aromatic heterocycles. The molecule has 0 heterocycles. The van der Waals surface area contributed by atoms with Gasteiger partial charge in [-0.05, 0) is 63.2 Å². The molecule has 0 radical (unpaired) electrons. The van der Waals surface area contributed by atoms with Gasteiger partial charge in [0.15, 0.2) is 9.84 Å². The molecule has 0 aliphatic heterocycles. The van der Waals surface area contributed by atoms with Crippen molar-refractivity contribution in [1.29, 1.82) is 0 Å². The van der Waals surface area contributed by atoms with Crippen LogP contribution in [-0.4, -0.2) is 59.5 Å². The van der Waals surface area contributed by atoms with E-state index in [1.807, 2.05) is 0 Å². The minimum absolute atomic E-state index is 0.00775. The summed E-state index contributed by atoms with van der Waals surface area (Å²) in [7, 11) is -2.33. The van der Waals surface area contributed by atoms with Crippen molar-refractivity contribution in [3.8, 4) is 17.2 Å². The summed E-state index contributed by atoms with van der Waals surface area (Å²) < 4.78 is 46.1. The summed E-state index contributed by atoms with van der Waals surface area (Å²) in [6.45, 7) is 6.09. The number of esters is 1. The van der Waals surface area contributed by atoms with Gasteiger partial charge in [0.1, 0.15) is 22.1 Å². The SMILES string of the molecule is CCOc1cc(S(C)(=O)=O)c(OCC)cc1CNC(=O)Nc1ccc(OCC)c(C(=O)Nc2cccc(C(=O)OC)c2)c1. The monoisotopic (exact) mass is 613 g/mol. The number of hydrogen-bond donors (Lipinski definition) is 3. The molecule has 3 N–H and O–H groups in total. The third-order valence-corrected chi connectivity index (χ3v) is 7.01. The fourth-order valence-corrected chi connectivity index (χ4v) is 4.83. The summed E-state index contributed by atoms with van der Waals surface area (Å²) in [5.74, 6) is -0.318. The molecule has 0 saturated carbocycles. The summed E-state index contributed by atoms with van der Waals surface area (Å²) >= 11 is 0.